The number of thioether (sulfide) groups is 1. The zero-order valence-corrected chi connectivity index (χ0v) is 25.8. The number of aldehydes is 1. The highest BCUT2D eigenvalue weighted by Crippen LogP contribution is 2.51. The van der Waals surface area contributed by atoms with E-state index in [1.165, 1.54) is 44.1 Å². The van der Waals surface area contributed by atoms with Crippen molar-refractivity contribution in [3.05, 3.63) is 45.5 Å². The molecule has 4 aliphatic rings. The van der Waals surface area contributed by atoms with Gasteiger partial charge >= 0.3 is 5.97 Å². The smallest absolute Gasteiger partial charge is 0.343 e. The Labute approximate surface area is 242 Å². The van der Waals surface area contributed by atoms with E-state index >= 15 is 0 Å². The number of hydrogen-bond acceptors (Lipinski definition) is 8. The summed E-state index contributed by atoms with van der Waals surface area (Å²) in [5.74, 6) is 2.93. The molecule has 0 bridgehead atoms. The van der Waals surface area contributed by atoms with Gasteiger partial charge in [0.25, 0.3) is 0 Å². The van der Waals surface area contributed by atoms with E-state index in [1.54, 1.807) is 17.8 Å². The standard InChI is InChI=1S/C16H22O2.C6H8O2S.C5H4OS.C3H8.CH4O/c1-9-4-3-5-11-12-7-6-10(2)16(18)15(12)14(17)8-13(9)11;1-8-6(7)5-3-2-4-9-5;6-4-5-2-1-3-7-5;1-3-2;1-2/h9,11-13,15H,2-8H2,1H3;3H,2,4H2,1H3;1-4H;3H2,1-2H3;2H,1H3. The molecule has 6 nitrogen and oxygen atoms in total. The van der Waals surface area contributed by atoms with Crippen molar-refractivity contribution in [2.24, 2.45) is 29.6 Å². The summed E-state index contributed by atoms with van der Waals surface area (Å²) in [6, 6.07) is 3.64. The van der Waals surface area contributed by atoms with E-state index in [1.807, 2.05) is 17.5 Å². The van der Waals surface area contributed by atoms with Crippen LogP contribution in [-0.2, 0) is 19.1 Å². The quantitative estimate of drug-likeness (QED) is 0.176. The van der Waals surface area contributed by atoms with Crippen molar-refractivity contribution >= 4 is 46.9 Å². The molecule has 1 aromatic rings. The van der Waals surface area contributed by atoms with Crippen molar-refractivity contribution in [3.63, 3.8) is 0 Å². The third-order valence-electron chi connectivity index (χ3n) is 7.40. The molecule has 5 rings (SSSR count). The number of allylic oxidation sites excluding steroid dienone is 2. The second-order valence-electron chi connectivity index (χ2n) is 10.1. The minimum atomic E-state index is -0.321. The summed E-state index contributed by atoms with van der Waals surface area (Å²) in [4.78, 5) is 46.7. The molecule has 5 atom stereocenters. The molecule has 3 fully saturated rings. The number of esters is 1. The second-order valence-corrected chi connectivity index (χ2v) is 12.2. The number of hydrogen-bond donors (Lipinski definition) is 1. The summed E-state index contributed by atoms with van der Waals surface area (Å²) in [5, 5.41) is 8.88. The number of carbonyl (C=O) groups excluding carboxylic acids is 4. The molecule has 39 heavy (non-hydrogen) atoms. The molecule has 2 heterocycles. The normalized spacial score (nSPS) is 26.7. The predicted molar refractivity (Wildman–Crippen MR) is 161 cm³/mol. The molecule has 8 heteroatoms. The first kappa shape index (κ1) is 35.0. The zero-order valence-electron chi connectivity index (χ0n) is 24.1. The summed E-state index contributed by atoms with van der Waals surface area (Å²) < 4.78 is 4.51. The van der Waals surface area contributed by atoms with E-state index in [0.717, 1.165) is 48.2 Å². The van der Waals surface area contributed by atoms with Gasteiger partial charge in [-0.25, -0.2) is 4.79 Å². The fraction of sp³-hybridized carbons (Fsp3) is 0.613. The SMILES string of the molecule is C=C1CCC2C(C(=O)CC3C(C)CCCC32)C1=O.CCC.CO.COC(=O)C1=CCCS1.O=Cc1cccs1. The topological polar surface area (TPSA) is 97.7 Å². The van der Waals surface area contributed by atoms with Gasteiger partial charge in [0.1, 0.15) is 5.78 Å². The molecule has 0 amide bonds. The molecule has 1 aliphatic heterocycles. The average molecular weight is 579 g/mol. The van der Waals surface area contributed by atoms with Gasteiger partial charge in [-0.1, -0.05) is 58.8 Å². The monoisotopic (exact) mass is 578 g/mol. The lowest BCUT2D eigenvalue weighted by Gasteiger charge is -2.48. The van der Waals surface area contributed by atoms with Gasteiger partial charge in [0, 0.05) is 19.3 Å². The molecule has 1 N–H and O–H groups in total. The van der Waals surface area contributed by atoms with Crippen LogP contribution in [0.3, 0.4) is 0 Å². The van der Waals surface area contributed by atoms with Gasteiger partial charge < -0.3 is 9.84 Å². The van der Waals surface area contributed by atoms with Crippen LogP contribution in [0.1, 0.15) is 81.8 Å². The van der Waals surface area contributed by atoms with Crippen LogP contribution in [0.5, 0.6) is 0 Å². The molecule has 0 radical (unpaired) electrons. The van der Waals surface area contributed by atoms with E-state index in [-0.39, 0.29) is 23.5 Å². The number of aliphatic hydroxyl groups is 1. The predicted octanol–water partition coefficient (Wildman–Crippen LogP) is 6.93. The summed E-state index contributed by atoms with van der Waals surface area (Å²) in [5.41, 5.74) is 0.687. The molecule has 5 unspecified atom stereocenters. The van der Waals surface area contributed by atoms with Gasteiger partial charge in [0.05, 0.1) is 22.8 Å². The molecule has 0 spiro atoms. The van der Waals surface area contributed by atoms with Gasteiger partial charge in [0.2, 0.25) is 0 Å². The molecule has 218 valence electrons. The Hall–Kier alpha value is -2.03. The molecule has 3 saturated carbocycles. The minimum Gasteiger partial charge on any atom is -0.465 e. The lowest BCUT2D eigenvalue weighted by Crippen LogP contribution is -2.49. The summed E-state index contributed by atoms with van der Waals surface area (Å²) in [7, 11) is 2.40. The van der Waals surface area contributed by atoms with Gasteiger partial charge in [0.15, 0.2) is 12.1 Å². The number of fused-ring (bicyclic) bond motifs is 3. The third-order valence-corrected chi connectivity index (χ3v) is 9.28. The van der Waals surface area contributed by atoms with Crippen LogP contribution in [0, 0.1) is 29.6 Å². The van der Waals surface area contributed by atoms with Crippen LogP contribution in [-0.4, -0.2) is 48.9 Å². The van der Waals surface area contributed by atoms with E-state index in [4.69, 9.17) is 5.11 Å². The first-order valence-electron chi connectivity index (χ1n) is 13.9. The van der Waals surface area contributed by atoms with Crippen molar-refractivity contribution in [3.8, 4) is 0 Å². The lowest BCUT2D eigenvalue weighted by atomic mass is 9.54. The lowest BCUT2D eigenvalue weighted by molar-refractivity contribution is -0.143. The van der Waals surface area contributed by atoms with Gasteiger partial charge in [-0.3, -0.25) is 14.4 Å². The van der Waals surface area contributed by atoms with Crippen LogP contribution >= 0.6 is 23.1 Å². The fourth-order valence-corrected chi connectivity index (χ4v) is 7.10. The first-order valence-corrected chi connectivity index (χ1v) is 15.7. The third kappa shape index (κ3) is 10.5. The minimum absolute atomic E-state index is 0.0629. The van der Waals surface area contributed by atoms with Crippen LogP contribution in [0.4, 0.5) is 0 Å². The molecular weight excluding hydrogens is 532 g/mol. The Morgan fingerprint density at radius 1 is 1.15 bits per heavy atom. The maximum Gasteiger partial charge on any atom is 0.343 e. The fourth-order valence-electron chi connectivity index (χ4n) is 5.68. The van der Waals surface area contributed by atoms with Crippen LogP contribution in [0.15, 0.2) is 40.6 Å². The summed E-state index contributed by atoms with van der Waals surface area (Å²) in [6.07, 6.45) is 11.2. The number of ketones is 2. The maximum atomic E-state index is 12.3. The number of rotatable bonds is 2. The van der Waals surface area contributed by atoms with Crippen molar-refractivity contribution in [2.75, 3.05) is 20.0 Å². The van der Waals surface area contributed by atoms with Crippen molar-refractivity contribution in [2.45, 2.75) is 72.1 Å². The summed E-state index contributed by atoms with van der Waals surface area (Å²) in [6.45, 7) is 10.4. The highest BCUT2D eigenvalue weighted by molar-refractivity contribution is 8.04. The van der Waals surface area contributed by atoms with Gasteiger partial charge in [-0.05, 0) is 66.4 Å². The molecular formula is C31H46O6S2. The van der Waals surface area contributed by atoms with Crippen LogP contribution in [0.25, 0.3) is 0 Å². The number of Topliss-reactive ketones (excluding diaryl/α,β-unsaturated/α-hetero) is 2. The molecule has 0 aromatic carbocycles. The Kier molecular flexibility index (Phi) is 17.2. The van der Waals surface area contributed by atoms with Crippen LogP contribution < -0.4 is 0 Å². The van der Waals surface area contributed by atoms with Crippen molar-refractivity contribution in [1.29, 1.82) is 0 Å². The Balaban J connectivity index is 0.000000303. The first-order chi connectivity index (χ1) is 18.8. The number of carbonyl (C=O) groups is 4. The number of ether oxygens (including phenoxy) is 1. The van der Waals surface area contributed by atoms with Gasteiger partial charge in [-0.15, -0.1) is 23.1 Å². The Morgan fingerprint density at radius 2 is 1.85 bits per heavy atom. The average Bonchev–Trinajstić information content (AvgIpc) is 3.68. The molecule has 3 aliphatic carbocycles. The highest BCUT2D eigenvalue weighted by atomic mass is 32.2. The zero-order chi connectivity index (χ0) is 29.4. The van der Waals surface area contributed by atoms with E-state index in [2.05, 4.69) is 32.1 Å². The largest absolute Gasteiger partial charge is 0.465 e. The van der Waals surface area contributed by atoms with E-state index in [9.17, 15) is 19.2 Å². The van der Waals surface area contributed by atoms with Crippen LogP contribution in [0.2, 0.25) is 0 Å². The summed E-state index contributed by atoms with van der Waals surface area (Å²) >= 11 is 3.02. The van der Waals surface area contributed by atoms with Crippen molar-refractivity contribution in [1.82, 2.24) is 0 Å². The Bertz CT molecular complexity index is 952. The van der Waals surface area contributed by atoms with Gasteiger partial charge in [-0.2, -0.15) is 0 Å². The number of methoxy groups -OCH3 is 1. The van der Waals surface area contributed by atoms with E-state index < -0.39 is 0 Å². The Morgan fingerprint density at radius 3 is 2.36 bits per heavy atom. The number of thiophene rings is 1. The molecule has 1 aromatic heterocycles. The highest BCUT2D eigenvalue weighted by Gasteiger charge is 2.50. The van der Waals surface area contributed by atoms with E-state index in [0.29, 0.717) is 35.7 Å². The number of aliphatic hydroxyl groups excluding tert-OH is 1. The van der Waals surface area contributed by atoms with Crippen molar-refractivity contribution < 1.29 is 29.0 Å². The molecule has 0 saturated heterocycles. The maximum absolute atomic E-state index is 12.3. The second kappa shape index (κ2) is 19.1.